The molecule has 130 valence electrons. The van der Waals surface area contributed by atoms with Crippen molar-refractivity contribution in [3.8, 4) is 16.9 Å². The van der Waals surface area contributed by atoms with Crippen molar-refractivity contribution in [2.75, 3.05) is 6.26 Å². The maximum Gasteiger partial charge on any atom is 0.416 e. The average Bonchev–Trinajstić information content (AvgIpc) is 3.03. The minimum absolute atomic E-state index is 0.212. The summed E-state index contributed by atoms with van der Waals surface area (Å²) >= 11 is 0. The van der Waals surface area contributed by atoms with Gasteiger partial charge in [-0.2, -0.15) is 13.2 Å². The van der Waals surface area contributed by atoms with Crippen LogP contribution in [-0.4, -0.2) is 19.2 Å². The third-order valence-electron chi connectivity index (χ3n) is 3.80. The molecule has 0 saturated carbocycles. The molecule has 3 rings (SSSR count). The zero-order valence-electron chi connectivity index (χ0n) is 13.2. The normalized spacial score (nSPS) is 12.3. The van der Waals surface area contributed by atoms with Crippen LogP contribution in [0.4, 0.5) is 13.2 Å². The number of hydrogen-bond acceptors (Lipinski definition) is 2. The summed E-state index contributed by atoms with van der Waals surface area (Å²) in [6.45, 7) is 0. The summed E-state index contributed by atoms with van der Waals surface area (Å²) in [4.78, 5) is 0.212. The second-order valence-corrected chi connectivity index (χ2v) is 7.62. The fourth-order valence-electron chi connectivity index (χ4n) is 2.53. The Morgan fingerprint density at radius 2 is 1.48 bits per heavy atom. The molecule has 1 aromatic heterocycles. The van der Waals surface area contributed by atoms with Crippen molar-refractivity contribution in [3.05, 3.63) is 72.4 Å². The molecule has 0 fully saturated rings. The van der Waals surface area contributed by atoms with Crippen LogP contribution in [0.1, 0.15) is 5.56 Å². The Morgan fingerprint density at radius 3 is 2.00 bits per heavy atom. The quantitative estimate of drug-likeness (QED) is 0.682. The Hall–Kier alpha value is -2.54. The van der Waals surface area contributed by atoms with E-state index in [4.69, 9.17) is 0 Å². The third-order valence-corrected chi connectivity index (χ3v) is 4.93. The Labute approximate surface area is 143 Å². The van der Waals surface area contributed by atoms with E-state index < -0.39 is 21.6 Å². The standard InChI is InChI=1S/C18H14F3NO2S/c1-25(23,24)16-10-4-13(5-11-16)17-3-2-12-22(17)15-8-6-14(7-9-15)18(19,20)21/h2-12H,1H3. The van der Waals surface area contributed by atoms with E-state index in [9.17, 15) is 21.6 Å². The predicted molar refractivity (Wildman–Crippen MR) is 89.3 cm³/mol. The number of aromatic nitrogens is 1. The highest BCUT2D eigenvalue weighted by molar-refractivity contribution is 7.90. The molecule has 3 nitrogen and oxygen atoms in total. The number of sulfone groups is 1. The van der Waals surface area contributed by atoms with Crippen molar-refractivity contribution in [1.82, 2.24) is 4.57 Å². The topological polar surface area (TPSA) is 39.1 Å². The molecule has 0 unspecified atom stereocenters. The van der Waals surface area contributed by atoms with Gasteiger partial charge in [-0.3, -0.25) is 0 Å². The minimum atomic E-state index is -4.38. The van der Waals surface area contributed by atoms with Crippen LogP contribution < -0.4 is 0 Å². The van der Waals surface area contributed by atoms with Crippen LogP contribution in [-0.2, 0) is 16.0 Å². The number of rotatable bonds is 3. The second kappa shape index (κ2) is 6.07. The minimum Gasteiger partial charge on any atom is -0.317 e. The molecule has 3 aromatic rings. The van der Waals surface area contributed by atoms with Crippen LogP contribution >= 0.6 is 0 Å². The lowest BCUT2D eigenvalue weighted by Gasteiger charge is -2.12. The van der Waals surface area contributed by atoms with Gasteiger partial charge in [0.05, 0.1) is 16.2 Å². The summed E-state index contributed by atoms with van der Waals surface area (Å²) in [5.41, 5.74) is 1.39. The van der Waals surface area contributed by atoms with Crippen molar-refractivity contribution in [2.24, 2.45) is 0 Å². The largest absolute Gasteiger partial charge is 0.416 e. The van der Waals surface area contributed by atoms with Crippen LogP contribution in [0, 0.1) is 0 Å². The molecule has 25 heavy (non-hydrogen) atoms. The molecule has 0 atom stereocenters. The molecule has 2 aromatic carbocycles. The summed E-state index contributed by atoms with van der Waals surface area (Å²) in [6, 6.07) is 14.8. The van der Waals surface area contributed by atoms with Gasteiger partial charge in [-0.05, 0) is 54.1 Å². The molecular weight excluding hydrogens is 351 g/mol. The highest BCUT2D eigenvalue weighted by Crippen LogP contribution is 2.31. The lowest BCUT2D eigenvalue weighted by Crippen LogP contribution is -2.05. The van der Waals surface area contributed by atoms with Crippen LogP contribution in [0.3, 0.4) is 0 Å². The van der Waals surface area contributed by atoms with E-state index in [0.717, 1.165) is 29.6 Å². The average molecular weight is 365 g/mol. The molecule has 0 N–H and O–H groups in total. The second-order valence-electron chi connectivity index (χ2n) is 5.60. The Bertz CT molecular complexity index is 986. The first kappa shape index (κ1) is 17.3. The van der Waals surface area contributed by atoms with Crippen molar-refractivity contribution >= 4 is 9.84 Å². The highest BCUT2D eigenvalue weighted by atomic mass is 32.2. The summed E-state index contributed by atoms with van der Waals surface area (Å²) in [5, 5.41) is 0. The van der Waals surface area contributed by atoms with Gasteiger partial charge in [-0.25, -0.2) is 8.42 Å². The zero-order chi connectivity index (χ0) is 18.2. The van der Waals surface area contributed by atoms with Gasteiger partial charge in [0.1, 0.15) is 0 Å². The first-order valence-electron chi connectivity index (χ1n) is 7.32. The maximum atomic E-state index is 12.7. The highest BCUT2D eigenvalue weighted by Gasteiger charge is 2.30. The van der Waals surface area contributed by atoms with E-state index in [1.54, 1.807) is 29.0 Å². The van der Waals surface area contributed by atoms with Gasteiger partial charge < -0.3 is 4.57 Å². The number of halogens is 3. The number of hydrogen-bond donors (Lipinski definition) is 0. The smallest absolute Gasteiger partial charge is 0.317 e. The lowest BCUT2D eigenvalue weighted by molar-refractivity contribution is -0.137. The fourth-order valence-corrected chi connectivity index (χ4v) is 3.16. The van der Waals surface area contributed by atoms with Crippen molar-refractivity contribution in [1.29, 1.82) is 0 Å². The summed E-state index contributed by atoms with van der Waals surface area (Å²) < 4.78 is 62.9. The molecule has 7 heteroatoms. The Kier molecular flexibility index (Phi) is 4.20. The molecule has 1 heterocycles. The van der Waals surface area contributed by atoms with Crippen LogP contribution in [0.5, 0.6) is 0 Å². The van der Waals surface area contributed by atoms with Crippen LogP contribution in [0.2, 0.25) is 0 Å². The number of benzene rings is 2. The van der Waals surface area contributed by atoms with E-state index in [-0.39, 0.29) is 4.90 Å². The predicted octanol–water partition coefficient (Wildman–Crippen LogP) is 4.57. The van der Waals surface area contributed by atoms with Crippen molar-refractivity contribution in [3.63, 3.8) is 0 Å². The Balaban J connectivity index is 1.98. The molecule has 0 saturated heterocycles. The van der Waals surface area contributed by atoms with Gasteiger partial charge in [0.15, 0.2) is 9.84 Å². The summed E-state index contributed by atoms with van der Waals surface area (Å²) in [6.07, 6.45) is -1.51. The monoisotopic (exact) mass is 365 g/mol. The van der Waals surface area contributed by atoms with Gasteiger partial charge in [0, 0.05) is 18.1 Å². The van der Waals surface area contributed by atoms with Gasteiger partial charge in [0.25, 0.3) is 0 Å². The number of nitrogens with zero attached hydrogens (tertiary/aromatic N) is 1. The lowest BCUT2D eigenvalue weighted by atomic mass is 10.1. The molecule has 0 bridgehead atoms. The Morgan fingerprint density at radius 1 is 0.880 bits per heavy atom. The van der Waals surface area contributed by atoms with Gasteiger partial charge in [-0.1, -0.05) is 12.1 Å². The fraction of sp³-hybridized carbons (Fsp3) is 0.111. The molecular formula is C18H14F3NO2S. The third kappa shape index (κ3) is 3.61. The van der Waals surface area contributed by atoms with Crippen molar-refractivity contribution < 1.29 is 21.6 Å². The van der Waals surface area contributed by atoms with Gasteiger partial charge in [-0.15, -0.1) is 0 Å². The molecule has 0 aliphatic rings. The van der Waals surface area contributed by atoms with E-state index in [2.05, 4.69) is 0 Å². The van der Waals surface area contributed by atoms with Crippen LogP contribution in [0.15, 0.2) is 71.8 Å². The number of alkyl halides is 3. The van der Waals surface area contributed by atoms with Crippen molar-refractivity contribution in [2.45, 2.75) is 11.1 Å². The van der Waals surface area contributed by atoms with E-state index >= 15 is 0 Å². The maximum absolute atomic E-state index is 12.7. The van der Waals surface area contributed by atoms with E-state index in [0.29, 0.717) is 5.69 Å². The zero-order valence-corrected chi connectivity index (χ0v) is 14.0. The van der Waals surface area contributed by atoms with E-state index in [1.165, 1.54) is 24.3 Å². The first-order valence-corrected chi connectivity index (χ1v) is 9.21. The summed E-state index contributed by atoms with van der Waals surface area (Å²) in [7, 11) is -3.28. The molecule has 0 aliphatic heterocycles. The van der Waals surface area contributed by atoms with Crippen LogP contribution in [0.25, 0.3) is 16.9 Å². The molecule has 0 aliphatic carbocycles. The molecule has 0 spiro atoms. The van der Waals surface area contributed by atoms with E-state index in [1.807, 2.05) is 6.07 Å². The SMILES string of the molecule is CS(=O)(=O)c1ccc(-c2cccn2-c2ccc(C(F)(F)F)cc2)cc1. The molecule has 0 radical (unpaired) electrons. The summed E-state index contributed by atoms with van der Waals surface area (Å²) in [5.74, 6) is 0. The first-order chi connectivity index (χ1) is 11.7. The van der Waals surface area contributed by atoms with Gasteiger partial charge >= 0.3 is 6.18 Å². The van der Waals surface area contributed by atoms with Gasteiger partial charge in [0.2, 0.25) is 0 Å². The molecule has 0 amide bonds.